The van der Waals surface area contributed by atoms with Crippen LogP contribution >= 0.6 is 15.9 Å². The monoisotopic (exact) mass is 354 g/mol. The van der Waals surface area contributed by atoms with Gasteiger partial charge in [0.2, 0.25) is 0 Å². The predicted molar refractivity (Wildman–Crippen MR) is 83.1 cm³/mol. The van der Waals surface area contributed by atoms with Gasteiger partial charge in [0.15, 0.2) is 0 Å². The number of carbonyl (C=O) groups excluding carboxylic acids is 2. The van der Waals surface area contributed by atoms with Crippen molar-refractivity contribution in [3.8, 4) is 0 Å². The maximum Gasteiger partial charge on any atom is 0.407 e. The minimum absolute atomic E-state index is 0.00251. The van der Waals surface area contributed by atoms with Crippen molar-refractivity contribution in [2.75, 3.05) is 13.1 Å². The van der Waals surface area contributed by atoms with Gasteiger partial charge < -0.3 is 15.0 Å². The van der Waals surface area contributed by atoms with E-state index in [1.165, 1.54) is 0 Å². The molecule has 0 fully saturated rings. The van der Waals surface area contributed by atoms with Crippen LogP contribution in [0.25, 0.3) is 0 Å². The Morgan fingerprint density at radius 3 is 2.76 bits per heavy atom. The van der Waals surface area contributed by atoms with Crippen molar-refractivity contribution >= 4 is 27.9 Å². The van der Waals surface area contributed by atoms with Crippen LogP contribution in [0.1, 0.15) is 36.7 Å². The van der Waals surface area contributed by atoms with Crippen LogP contribution in [0.2, 0.25) is 0 Å². The molecule has 0 aliphatic carbocycles. The lowest BCUT2D eigenvalue weighted by molar-refractivity contribution is 0.0515. The molecule has 0 atom stereocenters. The van der Waals surface area contributed by atoms with E-state index in [9.17, 15) is 9.59 Å². The number of hydrogen-bond acceptors (Lipinski definition) is 3. The van der Waals surface area contributed by atoms with E-state index in [4.69, 9.17) is 4.74 Å². The maximum absolute atomic E-state index is 12.2. The summed E-state index contributed by atoms with van der Waals surface area (Å²) in [4.78, 5) is 25.5. The molecule has 0 saturated heterocycles. The first-order chi connectivity index (χ1) is 9.78. The summed E-state index contributed by atoms with van der Waals surface area (Å²) in [6, 6.07) is 5.60. The molecule has 1 aliphatic heterocycles. The van der Waals surface area contributed by atoms with Crippen LogP contribution in [-0.2, 0) is 11.3 Å². The maximum atomic E-state index is 12.2. The Labute approximate surface area is 132 Å². The molecule has 1 N–H and O–H groups in total. The van der Waals surface area contributed by atoms with Crippen molar-refractivity contribution in [2.24, 2.45) is 0 Å². The van der Waals surface area contributed by atoms with Crippen LogP contribution in [0.4, 0.5) is 4.79 Å². The quantitative estimate of drug-likeness (QED) is 0.907. The van der Waals surface area contributed by atoms with E-state index >= 15 is 0 Å². The van der Waals surface area contributed by atoms with Crippen molar-refractivity contribution < 1.29 is 14.3 Å². The number of fused-ring (bicyclic) bond motifs is 1. The van der Waals surface area contributed by atoms with Crippen molar-refractivity contribution in [3.63, 3.8) is 0 Å². The predicted octanol–water partition coefficient (Wildman–Crippen LogP) is 2.93. The zero-order valence-corrected chi connectivity index (χ0v) is 14.0. The molecule has 0 aromatic heterocycles. The van der Waals surface area contributed by atoms with E-state index in [1.807, 2.05) is 39.0 Å². The second-order valence-corrected chi connectivity index (χ2v) is 6.78. The lowest BCUT2D eigenvalue weighted by atomic mass is 10.1. The van der Waals surface area contributed by atoms with Gasteiger partial charge in [-0.1, -0.05) is 22.0 Å². The van der Waals surface area contributed by atoms with Gasteiger partial charge in [-0.05, 0) is 38.5 Å². The third-order valence-corrected chi connectivity index (χ3v) is 3.78. The summed E-state index contributed by atoms with van der Waals surface area (Å²) >= 11 is 3.46. The summed E-state index contributed by atoms with van der Waals surface area (Å²) in [7, 11) is 0. The first-order valence-electron chi connectivity index (χ1n) is 6.81. The Balaban J connectivity index is 1.85. The summed E-state index contributed by atoms with van der Waals surface area (Å²) in [5.74, 6) is -0.00251. The minimum atomic E-state index is -0.519. The molecular formula is C15H19BrN2O3. The highest BCUT2D eigenvalue weighted by molar-refractivity contribution is 9.10. The Hall–Kier alpha value is -1.56. The topological polar surface area (TPSA) is 58.6 Å². The molecule has 0 saturated carbocycles. The fourth-order valence-corrected chi connectivity index (χ4v) is 2.63. The highest BCUT2D eigenvalue weighted by atomic mass is 79.9. The fraction of sp³-hybridized carbons (Fsp3) is 0.467. The number of amides is 2. The Morgan fingerprint density at radius 1 is 1.43 bits per heavy atom. The summed E-state index contributed by atoms with van der Waals surface area (Å²) < 4.78 is 6.09. The first kappa shape index (κ1) is 15.8. The molecule has 2 amide bonds. The van der Waals surface area contributed by atoms with Gasteiger partial charge in [0.1, 0.15) is 5.60 Å². The normalized spacial score (nSPS) is 14.1. The van der Waals surface area contributed by atoms with Gasteiger partial charge in [-0.15, -0.1) is 0 Å². The van der Waals surface area contributed by atoms with E-state index in [-0.39, 0.29) is 5.91 Å². The standard InChI is InChI=1S/C15H19BrN2O3/c1-15(2,3)21-14(20)17-7-8-18-9-11-10(13(18)19)5-4-6-12(11)16/h4-6H,7-9H2,1-3H3,(H,17,20). The van der Waals surface area contributed by atoms with Gasteiger partial charge in [0, 0.05) is 29.7 Å². The van der Waals surface area contributed by atoms with Gasteiger partial charge >= 0.3 is 6.09 Å². The zero-order chi connectivity index (χ0) is 15.6. The average Bonchev–Trinajstić information content (AvgIpc) is 2.67. The molecular weight excluding hydrogens is 336 g/mol. The molecule has 114 valence electrons. The second-order valence-electron chi connectivity index (χ2n) is 5.92. The number of nitrogens with one attached hydrogen (secondary N) is 1. The van der Waals surface area contributed by atoms with Crippen molar-refractivity contribution in [2.45, 2.75) is 32.9 Å². The third-order valence-electron chi connectivity index (χ3n) is 3.04. The molecule has 21 heavy (non-hydrogen) atoms. The Kier molecular flexibility index (Phi) is 4.56. The number of ether oxygens (including phenoxy) is 1. The number of halogens is 1. The van der Waals surface area contributed by atoms with Crippen LogP contribution in [0.15, 0.2) is 22.7 Å². The Bertz CT molecular complexity index is 567. The number of benzene rings is 1. The largest absolute Gasteiger partial charge is 0.444 e. The van der Waals surface area contributed by atoms with E-state index in [0.717, 1.165) is 15.6 Å². The molecule has 0 radical (unpaired) electrons. The van der Waals surface area contributed by atoms with Crippen molar-refractivity contribution in [1.29, 1.82) is 0 Å². The number of nitrogens with zero attached hydrogens (tertiary/aromatic N) is 1. The van der Waals surface area contributed by atoms with Gasteiger partial charge in [0.05, 0.1) is 0 Å². The molecule has 2 rings (SSSR count). The smallest absolute Gasteiger partial charge is 0.407 e. The second kappa shape index (κ2) is 6.05. The number of carbonyl (C=O) groups is 2. The van der Waals surface area contributed by atoms with E-state index in [2.05, 4.69) is 21.2 Å². The third kappa shape index (κ3) is 3.97. The highest BCUT2D eigenvalue weighted by Crippen LogP contribution is 2.28. The van der Waals surface area contributed by atoms with Crippen LogP contribution in [0, 0.1) is 0 Å². The van der Waals surface area contributed by atoms with Gasteiger partial charge in [0.25, 0.3) is 5.91 Å². The first-order valence-corrected chi connectivity index (χ1v) is 7.61. The van der Waals surface area contributed by atoms with Crippen molar-refractivity contribution in [3.05, 3.63) is 33.8 Å². The molecule has 5 nitrogen and oxygen atoms in total. The SMILES string of the molecule is CC(C)(C)OC(=O)NCCN1Cc2c(Br)cccc2C1=O. The Morgan fingerprint density at radius 2 is 2.14 bits per heavy atom. The molecule has 1 aliphatic rings. The van der Waals surface area contributed by atoms with Gasteiger partial charge in [-0.2, -0.15) is 0 Å². The molecule has 1 heterocycles. The van der Waals surface area contributed by atoms with Crippen LogP contribution < -0.4 is 5.32 Å². The molecule has 0 unspecified atom stereocenters. The van der Waals surface area contributed by atoms with E-state index in [0.29, 0.717) is 19.6 Å². The summed E-state index contributed by atoms with van der Waals surface area (Å²) in [6.45, 7) is 6.82. The van der Waals surface area contributed by atoms with Gasteiger partial charge in [-0.3, -0.25) is 4.79 Å². The lowest BCUT2D eigenvalue weighted by Crippen LogP contribution is -2.38. The lowest BCUT2D eigenvalue weighted by Gasteiger charge is -2.21. The number of rotatable bonds is 3. The summed E-state index contributed by atoms with van der Waals surface area (Å²) in [6.07, 6.45) is -0.465. The molecule has 0 spiro atoms. The molecule has 6 heteroatoms. The fourth-order valence-electron chi connectivity index (χ4n) is 2.14. The van der Waals surface area contributed by atoms with Crippen LogP contribution in [0.5, 0.6) is 0 Å². The van der Waals surface area contributed by atoms with Gasteiger partial charge in [-0.25, -0.2) is 4.79 Å². The number of hydrogen-bond donors (Lipinski definition) is 1. The zero-order valence-electron chi connectivity index (χ0n) is 12.4. The average molecular weight is 355 g/mol. The summed E-state index contributed by atoms with van der Waals surface area (Å²) in [5, 5.41) is 2.66. The molecule has 0 bridgehead atoms. The highest BCUT2D eigenvalue weighted by Gasteiger charge is 2.28. The van der Waals surface area contributed by atoms with Crippen LogP contribution in [0.3, 0.4) is 0 Å². The molecule has 1 aromatic rings. The van der Waals surface area contributed by atoms with Crippen LogP contribution in [-0.4, -0.2) is 35.6 Å². The van der Waals surface area contributed by atoms with E-state index in [1.54, 1.807) is 4.90 Å². The molecule has 1 aromatic carbocycles. The van der Waals surface area contributed by atoms with E-state index < -0.39 is 11.7 Å². The number of alkyl carbamates (subject to hydrolysis) is 1. The van der Waals surface area contributed by atoms with Crippen molar-refractivity contribution in [1.82, 2.24) is 10.2 Å². The minimum Gasteiger partial charge on any atom is -0.444 e. The summed E-state index contributed by atoms with van der Waals surface area (Å²) in [5.41, 5.74) is 1.20.